The largest absolute Gasteiger partial charge is 0.469 e. The van der Waals surface area contributed by atoms with E-state index in [1.54, 1.807) is 0 Å². The Kier molecular flexibility index (Phi) is 4.50. The lowest BCUT2D eigenvalue weighted by molar-refractivity contribution is -0.148. The third kappa shape index (κ3) is 3.16. The topological polar surface area (TPSA) is 43.4 Å². The van der Waals surface area contributed by atoms with Gasteiger partial charge in [0.05, 0.1) is 13.0 Å². The lowest BCUT2D eigenvalue weighted by Gasteiger charge is -2.14. The summed E-state index contributed by atoms with van der Waals surface area (Å²) in [5.41, 5.74) is 0. The van der Waals surface area contributed by atoms with E-state index in [0.717, 1.165) is 6.29 Å². The van der Waals surface area contributed by atoms with Crippen molar-refractivity contribution in [1.82, 2.24) is 0 Å². The molecule has 1 atom stereocenters. The molecular formula is C8H14O3. The van der Waals surface area contributed by atoms with Crippen molar-refractivity contribution in [3.8, 4) is 0 Å². The van der Waals surface area contributed by atoms with Gasteiger partial charge in [-0.05, 0) is 5.92 Å². The zero-order valence-electron chi connectivity index (χ0n) is 7.16. The molecule has 0 amide bonds. The van der Waals surface area contributed by atoms with Crippen LogP contribution in [0.1, 0.15) is 20.3 Å². The first-order valence-electron chi connectivity index (χ1n) is 3.65. The number of aldehydes is 1. The Balaban J connectivity index is 4.08. The third-order valence-corrected chi connectivity index (χ3v) is 1.66. The second-order valence-corrected chi connectivity index (χ2v) is 2.78. The van der Waals surface area contributed by atoms with Gasteiger partial charge in [-0.1, -0.05) is 13.8 Å². The van der Waals surface area contributed by atoms with Gasteiger partial charge < -0.3 is 9.53 Å². The van der Waals surface area contributed by atoms with Crippen LogP contribution in [0.4, 0.5) is 0 Å². The number of esters is 1. The summed E-state index contributed by atoms with van der Waals surface area (Å²) in [6.07, 6.45) is 1.01. The first-order chi connectivity index (χ1) is 5.13. The fourth-order valence-corrected chi connectivity index (χ4v) is 0.896. The quantitative estimate of drug-likeness (QED) is 0.453. The van der Waals surface area contributed by atoms with Gasteiger partial charge in [0.15, 0.2) is 0 Å². The van der Waals surface area contributed by atoms with Gasteiger partial charge in [0, 0.05) is 6.42 Å². The van der Waals surface area contributed by atoms with Crippen LogP contribution in [0.2, 0.25) is 0 Å². The molecular weight excluding hydrogens is 144 g/mol. The molecule has 11 heavy (non-hydrogen) atoms. The van der Waals surface area contributed by atoms with E-state index in [4.69, 9.17) is 0 Å². The molecule has 0 rings (SSSR count). The van der Waals surface area contributed by atoms with Gasteiger partial charge in [0.2, 0.25) is 0 Å². The van der Waals surface area contributed by atoms with Gasteiger partial charge in [0.25, 0.3) is 0 Å². The molecule has 3 heteroatoms. The molecule has 64 valence electrons. The number of hydrogen-bond donors (Lipinski definition) is 0. The second kappa shape index (κ2) is 4.88. The predicted octanol–water partition coefficient (Wildman–Crippen LogP) is 1.02. The Bertz CT molecular complexity index is 140. The molecule has 3 nitrogen and oxygen atoms in total. The van der Waals surface area contributed by atoms with E-state index in [9.17, 15) is 9.59 Å². The number of ether oxygens (including phenoxy) is 1. The summed E-state index contributed by atoms with van der Waals surface area (Å²) in [5.74, 6) is -0.419. The van der Waals surface area contributed by atoms with Gasteiger partial charge in [-0.15, -0.1) is 0 Å². The Hall–Kier alpha value is -0.860. The number of hydrogen-bond acceptors (Lipinski definition) is 3. The van der Waals surface area contributed by atoms with Crippen LogP contribution in [0.15, 0.2) is 0 Å². The molecule has 0 aliphatic rings. The van der Waals surface area contributed by atoms with Gasteiger partial charge in [-0.3, -0.25) is 4.79 Å². The van der Waals surface area contributed by atoms with E-state index in [-0.39, 0.29) is 24.2 Å². The minimum Gasteiger partial charge on any atom is -0.469 e. The summed E-state index contributed by atoms with van der Waals surface area (Å²) in [6, 6.07) is 0. The third-order valence-electron chi connectivity index (χ3n) is 1.66. The van der Waals surface area contributed by atoms with Crippen LogP contribution < -0.4 is 0 Å². The SMILES string of the molecule is COC(=O)[C@H](CC=O)C(C)C. The van der Waals surface area contributed by atoms with Crippen LogP contribution in [0.25, 0.3) is 0 Å². The van der Waals surface area contributed by atoms with Crippen LogP contribution in [0.5, 0.6) is 0 Å². The molecule has 0 aromatic rings. The van der Waals surface area contributed by atoms with Crippen LogP contribution in [-0.4, -0.2) is 19.4 Å². The zero-order chi connectivity index (χ0) is 8.85. The summed E-state index contributed by atoms with van der Waals surface area (Å²) < 4.78 is 4.53. The first-order valence-corrected chi connectivity index (χ1v) is 3.65. The van der Waals surface area contributed by atoms with E-state index >= 15 is 0 Å². The molecule has 0 N–H and O–H groups in total. The minimum absolute atomic E-state index is 0.160. The maximum atomic E-state index is 11.0. The molecule has 0 aromatic carbocycles. The van der Waals surface area contributed by atoms with Crippen LogP contribution in [-0.2, 0) is 14.3 Å². The van der Waals surface area contributed by atoms with Crippen LogP contribution >= 0.6 is 0 Å². The van der Waals surface area contributed by atoms with E-state index in [1.165, 1.54) is 7.11 Å². The maximum Gasteiger partial charge on any atom is 0.309 e. The summed E-state index contributed by atoms with van der Waals surface area (Å²) in [4.78, 5) is 21.1. The van der Waals surface area contributed by atoms with Crippen molar-refractivity contribution in [2.24, 2.45) is 11.8 Å². The Morgan fingerprint density at radius 3 is 2.36 bits per heavy atom. The van der Waals surface area contributed by atoms with Gasteiger partial charge in [-0.2, -0.15) is 0 Å². The average Bonchev–Trinajstić information content (AvgIpc) is 1.98. The predicted molar refractivity (Wildman–Crippen MR) is 41.0 cm³/mol. The molecule has 0 heterocycles. The Labute approximate surface area is 66.7 Å². The van der Waals surface area contributed by atoms with E-state index in [0.29, 0.717) is 0 Å². The standard InChI is InChI=1S/C8H14O3/c1-6(2)7(4-5-9)8(10)11-3/h5-7H,4H2,1-3H3/t7-/m1/s1. The van der Waals surface area contributed by atoms with Crippen molar-refractivity contribution >= 4 is 12.3 Å². The van der Waals surface area contributed by atoms with Crippen LogP contribution in [0.3, 0.4) is 0 Å². The highest BCUT2D eigenvalue weighted by Crippen LogP contribution is 2.14. The second-order valence-electron chi connectivity index (χ2n) is 2.78. The summed E-state index contributed by atoms with van der Waals surface area (Å²) in [6.45, 7) is 3.79. The average molecular weight is 158 g/mol. The van der Waals surface area contributed by atoms with E-state index in [1.807, 2.05) is 13.8 Å². The summed E-state index contributed by atoms with van der Waals surface area (Å²) >= 11 is 0. The highest BCUT2D eigenvalue weighted by Gasteiger charge is 2.21. The van der Waals surface area contributed by atoms with Gasteiger partial charge >= 0.3 is 5.97 Å². The molecule has 0 radical (unpaired) electrons. The fourth-order valence-electron chi connectivity index (χ4n) is 0.896. The first kappa shape index (κ1) is 10.1. The molecule has 0 unspecified atom stereocenters. The molecule has 0 aromatic heterocycles. The minimum atomic E-state index is -0.299. The fraction of sp³-hybridized carbons (Fsp3) is 0.750. The Morgan fingerprint density at radius 2 is 2.09 bits per heavy atom. The van der Waals surface area contributed by atoms with Gasteiger partial charge in [0.1, 0.15) is 6.29 Å². The smallest absolute Gasteiger partial charge is 0.309 e. The normalized spacial score (nSPS) is 12.7. The number of rotatable bonds is 4. The van der Waals surface area contributed by atoms with Crippen molar-refractivity contribution < 1.29 is 14.3 Å². The molecule has 0 aliphatic heterocycles. The molecule has 0 aliphatic carbocycles. The molecule has 0 saturated carbocycles. The monoisotopic (exact) mass is 158 g/mol. The van der Waals surface area contributed by atoms with E-state index in [2.05, 4.69) is 4.74 Å². The molecule has 0 saturated heterocycles. The van der Waals surface area contributed by atoms with Crippen LogP contribution in [0, 0.1) is 11.8 Å². The lowest BCUT2D eigenvalue weighted by atomic mass is 9.93. The van der Waals surface area contributed by atoms with Crippen molar-refractivity contribution in [2.45, 2.75) is 20.3 Å². The Morgan fingerprint density at radius 1 is 1.55 bits per heavy atom. The number of carbonyl (C=O) groups excluding carboxylic acids is 2. The van der Waals surface area contributed by atoms with Crippen molar-refractivity contribution in [2.75, 3.05) is 7.11 Å². The highest BCUT2D eigenvalue weighted by atomic mass is 16.5. The number of carbonyl (C=O) groups is 2. The van der Waals surface area contributed by atoms with E-state index < -0.39 is 0 Å². The highest BCUT2D eigenvalue weighted by molar-refractivity contribution is 5.75. The molecule has 0 fully saturated rings. The van der Waals surface area contributed by atoms with Crippen molar-refractivity contribution in [1.29, 1.82) is 0 Å². The maximum absolute atomic E-state index is 11.0. The molecule has 0 spiro atoms. The van der Waals surface area contributed by atoms with Crippen molar-refractivity contribution in [3.63, 3.8) is 0 Å². The summed E-state index contributed by atoms with van der Waals surface area (Å²) in [7, 11) is 1.34. The van der Waals surface area contributed by atoms with Gasteiger partial charge in [-0.25, -0.2) is 0 Å². The lowest BCUT2D eigenvalue weighted by Crippen LogP contribution is -2.21. The zero-order valence-corrected chi connectivity index (χ0v) is 7.16. The molecule has 0 bridgehead atoms. The van der Waals surface area contributed by atoms with Crippen molar-refractivity contribution in [3.05, 3.63) is 0 Å². The number of methoxy groups -OCH3 is 1. The summed E-state index contributed by atoms with van der Waals surface area (Å²) in [5, 5.41) is 0.